The van der Waals surface area contributed by atoms with Crippen LogP contribution in [0.4, 0.5) is 5.69 Å². The van der Waals surface area contributed by atoms with Gasteiger partial charge in [-0.1, -0.05) is 29.8 Å². The second-order valence-electron chi connectivity index (χ2n) is 7.72. The number of hydrogen-bond donors (Lipinski definition) is 1. The summed E-state index contributed by atoms with van der Waals surface area (Å²) in [6.45, 7) is 2.81. The standard InChI is InChI=1S/C23H26N2O3/c1-16-4-6-17(7-5-16)23(18-8-9-18)24-21(26)15-28-20-12-10-19(11-13-20)25-14-2-3-22(25)27/h4-7,10-13,18,23H,2-3,8-9,14-15H2,1H3,(H,24,26). The molecule has 2 aromatic carbocycles. The fraction of sp³-hybridized carbons (Fsp3) is 0.391. The van der Waals surface area contributed by atoms with Crippen molar-refractivity contribution in [2.75, 3.05) is 18.1 Å². The van der Waals surface area contributed by atoms with Crippen molar-refractivity contribution in [2.45, 2.75) is 38.6 Å². The molecule has 5 nitrogen and oxygen atoms in total. The Morgan fingerprint density at radius 1 is 1.14 bits per heavy atom. The number of rotatable bonds is 7. The molecule has 1 aliphatic carbocycles. The maximum absolute atomic E-state index is 12.4. The fourth-order valence-electron chi connectivity index (χ4n) is 3.68. The molecule has 0 bridgehead atoms. The number of benzene rings is 2. The molecule has 1 atom stereocenters. The van der Waals surface area contributed by atoms with Crippen LogP contribution < -0.4 is 15.0 Å². The van der Waals surface area contributed by atoms with Crippen molar-refractivity contribution in [3.05, 3.63) is 59.7 Å². The van der Waals surface area contributed by atoms with Gasteiger partial charge in [-0.3, -0.25) is 9.59 Å². The first kappa shape index (κ1) is 18.5. The summed E-state index contributed by atoms with van der Waals surface area (Å²) < 4.78 is 5.65. The average Bonchev–Trinajstić information content (AvgIpc) is 3.46. The number of amides is 2. The highest BCUT2D eigenvalue weighted by atomic mass is 16.5. The summed E-state index contributed by atoms with van der Waals surface area (Å²) in [7, 11) is 0. The highest BCUT2D eigenvalue weighted by molar-refractivity contribution is 5.95. The highest BCUT2D eigenvalue weighted by Gasteiger charge is 2.33. The van der Waals surface area contributed by atoms with E-state index in [9.17, 15) is 9.59 Å². The number of carbonyl (C=O) groups excluding carboxylic acids is 2. The Hall–Kier alpha value is -2.82. The molecular formula is C23H26N2O3. The first-order valence-corrected chi connectivity index (χ1v) is 9.99. The molecule has 2 fully saturated rings. The molecule has 1 saturated carbocycles. The quantitative estimate of drug-likeness (QED) is 0.798. The van der Waals surface area contributed by atoms with E-state index in [1.165, 1.54) is 5.56 Å². The largest absolute Gasteiger partial charge is 0.484 e. The molecule has 2 aliphatic rings. The van der Waals surface area contributed by atoms with Crippen molar-refractivity contribution in [2.24, 2.45) is 5.92 Å². The van der Waals surface area contributed by atoms with Crippen molar-refractivity contribution >= 4 is 17.5 Å². The van der Waals surface area contributed by atoms with Crippen molar-refractivity contribution in [3.8, 4) is 5.75 Å². The summed E-state index contributed by atoms with van der Waals surface area (Å²) in [5, 5.41) is 3.13. The smallest absolute Gasteiger partial charge is 0.258 e. The monoisotopic (exact) mass is 378 g/mol. The Bertz CT molecular complexity index is 841. The Morgan fingerprint density at radius 2 is 1.86 bits per heavy atom. The number of aryl methyl sites for hydroxylation is 1. The normalized spacial score (nSPS) is 17.5. The summed E-state index contributed by atoms with van der Waals surface area (Å²) in [6.07, 6.45) is 3.81. The number of carbonyl (C=O) groups is 2. The van der Waals surface area contributed by atoms with Crippen molar-refractivity contribution in [1.82, 2.24) is 5.32 Å². The number of nitrogens with zero attached hydrogens (tertiary/aromatic N) is 1. The van der Waals surface area contributed by atoms with Gasteiger partial charge in [0.15, 0.2) is 6.61 Å². The molecule has 1 unspecified atom stereocenters. The summed E-state index contributed by atoms with van der Waals surface area (Å²) in [4.78, 5) is 26.0. The predicted molar refractivity (Wildman–Crippen MR) is 108 cm³/mol. The molecule has 4 rings (SSSR count). The minimum atomic E-state index is -0.115. The van der Waals surface area contributed by atoms with Gasteiger partial charge in [0.05, 0.1) is 6.04 Å². The molecule has 1 N–H and O–H groups in total. The van der Waals surface area contributed by atoms with E-state index >= 15 is 0 Å². The summed E-state index contributed by atoms with van der Waals surface area (Å²) in [5.74, 6) is 1.19. The Balaban J connectivity index is 1.32. The van der Waals surface area contributed by atoms with E-state index in [1.807, 2.05) is 24.3 Å². The molecule has 146 valence electrons. The Morgan fingerprint density at radius 3 is 2.46 bits per heavy atom. The topological polar surface area (TPSA) is 58.6 Å². The zero-order valence-electron chi connectivity index (χ0n) is 16.2. The number of ether oxygens (including phenoxy) is 1. The molecule has 0 aromatic heterocycles. The molecule has 0 spiro atoms. The molecule has 1 aliphatic heterocycles. The number of anilines is 1. The maximum atomic E-state index is 12.4. The van der Waals surface area contributed by atoms with Crippen LogP contribution in [-0.2, 0) is 9.59 Å². The first-order chi connectivity index (χ1) is 13.6. The van der Waals surface area contributed by atoms with Gasteiger partial charge in [-0.05, 0) is 61.9 Å². The van der Waals surface area contributed by atoms with Crippen LogP contribution in [0.1, 0.15) is 42.9 Å². The molecule has 2 amide bonds. The van der Waals surface area contributed by atoms with Crippen LogP contribution in [-0.4, -0.2) is 25.0 Å². The molecule has 2 aromatic rings. The van der Waals surface area contributed by atoms with Crippen LogP contribution in [0.2, 0.25) is 0 Å². The molecule has 1 heterocycles. The van der Waals surface area contributed by atoms with Gasteiger partial charge < -0.3 is 15.0 Å². The van der Waals surface area contributed by atoms with Crippen molar-refractivity contribution in [1.29, 1.82) is 0 Å². The zero-order valence-corrected chi connectivity index (χ0v) is 16.2. The van der Waals surface area contributed by atoms with Crippen LogP contribution in [0.5, 0.6) is 5.75 Å². The van der Waals surface area contributed by atoms with Crippen LogP contribution in [0.3, 0.4) is 0 Å². The SMILES string of the molecule is Cc1ccc(C(NC(=O)COc2ccc(N3CCCC3=O)cc2)C2CC2)cc1. The van der Waals surface area contributed by atoms with Gasteiger partial charge in [-0.25, -0.2) is 0 Å². The van der Waals surface area contributed by atoms with E-state index in [0.717, 1.165) is 37.1 Å². The Labute approximate surface area is 165 Å². The molecule has 1 saturated heterocycles. The van der Waals surface area contributed by atoms with Crippen molar-refractivity contribution < 1.29 is 14.3 Å². The first-order valence-electron chi connectivity index (χ1n) is 9.99. The summed E-state index contributed by atoms with van der Waals surface area (Å²) in [6, 6.07) is 15.8. The fourth-order valence-corrected chi connectivity index (χ4v) is 3.68. The van der Waals surface area contributed by atoms with Gasteiger partial charge in [0, 0.05) is 18.7 Å². The number of nitrogens with one attached hydrogen (secondary N) is 1. The Kier molecular flexibility index (Phi) is 5.33. The highest BCUT2D eigenvalue weighted by Crippen LogP contribution is 2.41. The average molecular weight is 378 g/mol. The lowest BCUT2D eigenvalue weighted by atomic mass is 10.0. The van der Waals surface area contributed by atoms with Gasteiger partial charge in [0.25, 0.3) is 5.91 Å². The maximum Gasteiger partial charge on any atom is 0.258 e. The van der Waals surface area contributed by atoms with Crippen molar-refractivity contribution in [3.63, 3.8) is 0 Å². The summed E-state index contributed by atoms with van der Waals surface area (Å²) in [5.41, 5.74) is 3.25. The van der Waals surface area contributed by atoms with Crippen LogP contribution >= 0.6 is 0 Å². The van der Waals surface area contributed by atoms with Gasteiger partial charge in [-0.15, -0.1) is 0 Å². The van der Waals surface area contributed by atoms with Crippen LogP contribution in [0.25, 0.3) is 0 Å². The zero-order chi connectivity index (χ0) is 19.5. The lowest BCUT2D eigenvalue weighted by Gasteiger charge is -2.19. The minimum Gasteiger partial charge on any atom is -0.484 e. The third-order valence-electron chi connectivity index (χ3n) is 5.44. The van der Waals surface area contributed by atoms with E-state index in [1.54, 1.807) is 4.90 Å². The van der Waals surface area contributed by atoms with E-state index in [0.29, 0.717) is 18.1 Å². The predicted octanol–water partition coefficient (Wildman–Crippen LogP) is 3.77. The van der Waals surface area contributed by atoms with E-state index in [-0.39, 0.29) is 24.5 Å². The van der Waals surface area contributed by atoms with E-state index in [4.69, 9.17) is 4.74 Å². The molecular weight excluding hydrogens is 352 g/mol. The van der Waals surface area contributed by atoms with Gasteiger partial charge in [0.2, 0.25) is 5.91 Å². The van der Waals surface area contributed by atoms with Gasteiger partial charge >= 0.3 is 0 Å². The third kappa shape index (κ3) is 4.35. The third-order valence-corrected chi connectivity index (χ3v) is 5.44. The second-order valence-corrected chi connectivity index (χ2v) is 7.72. The van der Waals surface area contributed by atoms with Gasteiger partial charge in [0.1, 0.15) is 5.75 Å². The van der Waals surface area contributed by atoms with E-state index < -0.39 is 0 Å². The minimum absolute atomic E-state index is 0.0168. The van der Waals surface area contributed by atoms with Crippen LogP contribution in [0, 0.1) is 12.8 Å². The molecule has 28 heavy (non-hydrogen) atoms. The second kappa shape index (κ2) is 8.05. The molecule has 5 heteroatoms. The van der Waals surface area contributed by atoms with Gasteiger partial charge in [-0.2, -0.15) is 0 Å². The summed E-state index contributed by atoms with van der Waals surface area (Å²) >= 11 is 0. The van der Waals surface area contributed by atoms with Crippen LogP contribution in [0.15, 0.2) is 48.5 Å². The number of hydrogen-bond acceptors (Lipinski definition) is 3. The molecule has 0 radical (unpaired) electrons. The van der Waals surface area contributed by atoms with E-state index in [2.05, 4.69) is 36.5 Å². The lowest BCUT2D eigenvalue weighted by Crippen LogP contribution is -2.33. The lowest BCUT2D eigenvalue weighted by molar-refractivity contribution is -0.124.